The van der Waals surface area contributed by atoms with Gasteiger partial charge in [0.15, 0.2) is 5.13 Å². The number of carbonyl (C=O) groups is 2. The topological polar surface area (TPSA) is 56.8 Å². The van der Waals surface area contributed by atoms with Crippen molar-refractivity contribution in [3.05, 3.63) is 53.6 Å². The van der Waals surface area contributed by atoms with Gasteiger partial charge in [0.1, 0.15) is 0 Å². The maximum Gasteiger partial charge on any atom is 0.234 e. The van der Waals surface area contributed by atoms with Gasteiger partial charge in [0.25, 0.3) is 0 Å². The lowest BCUT2D eigenvalue weighted by molar-refractivity contribution is -0.124. The van der Waals surface area contributed by atoms with Gasteiger partial charge in [0, 0.05) is 30.2 Å². The van der Waals surface area contributed by atoms with Crippen LogP contribution in [0.2, 0.25) is 5.02 Å². The number of para-hydroxylation sites is 1. The van der Waals surface area contributed by atoms with Crippen LogP contribution in [0.1, 0.15) is 12.8 Å². The highest BCUT2D eigenvalue weighted by atomic mass is 35.5. The highest BCUT2D eigenvalue weighted by Crippen LogP contribution is 2.33. The number of nitrogens with zero attached hydrogens (tertiary/aromatic N) is 4. The van der Waals surface area contributed by atoms with Crippen molar-refractivity contribution in [1.29, 1.82) is 0 Å². The van der Waals surface area contributed by atoms with Crippen LogP contribution >= 0.6 is 35.3 Å². The minimum Gasteiger partial charge on any atom is -0.312 e. The fourth-order valence-corrected chi connectivity index (χ4v) is 5.07. The number of hydrogen-bond acceptors (Lipinski definition) is 5. The van der Waals surface area contributed by atoms with Crippen LogP contribution in [0.25, 0.3) is 10.2 Å². The van der Waals surface area contributed by atoms with Crippen molar-refractivity contribution in [2.75, 3.05) is 43.5 Å². The monoisotopic (exact) mass is 492 g/mol. The van der Waals surface area contributed by atoms with Crippen molar-refractivity contribution >= 4 is 68.2 Å². The van der Waals surface area contributed by atoms with E-state index in [1.54, 1.807) is 15.9 Å². The van der Waals surface area contributed by atoms with Gasteiger partial charge in [-0.05, 0) is 57.4 Å². The molecule has 1 aliphatic heterocycles. The molecule has 1 aliphatic rings. The van der Waals surface area contributed by atoms with Crippen LogP contribution in [0.4, 0.5) is 10.8 Å². The number of fused-ring (bicyclic) bond motifs is 1. The number of rotatable bonds is 7. The molecule has 2 aromatic carbocycles. The van der Waals surface area contributed by atoms with Crippen LogP contribution < -0.4 is 9.80 Å². The number of carbonyl (C=O) groups excluding carboxylic acids is 2. The summed E-state index contributed by atoms with van der Waals surface area (Å²) in [4.78, 5) is 36.5. The lowest BCUT2D eigenvalue weighted by Gasteiger charge is -2.24. The van der Waals surface area contributed by atoms with Crippen LogP contribution in [0.15, 0.2) is 48.5 Å². The first-order valence-corrected chi connectivity index (χ1v) is 11.5. The molecule has 0 N–H and O–H groups in total. The Balaban J connectivity index is 0.00000289. The van der Waals surface area contributed by atoms with E-state index in [1.807, 2.05) is 56.6 Å². The fraction of sp³-hybridized carbons (Fsp3) is 0.348. The zero-order valence-electron chi connectivity index (χ0n) is 18.0. The average molecular weight is 493 g/mol. The Hall–Kier alpha value is -2.19. The highest BCUT2D eigenvalue weighted by Gasteiger charge is 2.38. The second kappa shape index (κ2) is 10.6. The quantitative estimate of drug-likeness (QED) is 0.479. The van der Waals surface area contributed by atoms with Crippen molar-refractivity contribution in [2.24, 2.45) is 5.92 Å². The third kappa shape index (κ3) is 5.41. The van der Waals surface area contributed by atoms with Gasteiger partial charge in [-0.25, -0.2) is 4.98 Å². The predicted molar refractivity (Wildman–Crippen MR) is 134 cm³/mol. The number of thiazole rings is 1. The Morgan fingerprint density at radius 3 is 2.66 bits per heavy atom. The standard InChI is InChI=1S/C23H25ClN4O2S.ClH/c1-26(2)11-6-12-27(23-25-19-10-9-17(24)14-20(19)31-23)22(30)16-13-21(29)28(15-16)18-7-4-3-5-8-18;/h3-5,7-10,14,16H,6,11-13,15H2,1-2H3;1H. The first-order chi connectivity index (χ1) is 14.9. The van der Waals surface area contributed by atoms with Crippen molar-refractivity contribution < 1.29 is 9.59 Å². The summed E-state index contributed by atoms with van der Waals surface area (Å²) < 4.78 is 0.946. The summed E-state index contributed by atoms with van der Waals surface area (Å²) in [5, 5.41) is 1.31. The van der Waals surface area contributed by atoms with Crippen LogP contribution in [0, 0.1) is 5.92 Å². The SMILES string of the molecule is CN(C)CCCN(C(=O)C1CC(=O)N(c2ccccc2)C1)c1nc2ccc(Cl)cc2s1.Cl. The molecule has 32 heavy (non-hydrogen) atoms. The molecule has 1 fully saturated rings. The zero-order valence-corrected chi connectivity index (χ0v) is 20.4. The van der Waals surface area contributed by atoms with Crippen molar-refractivity contribution in [3.63, 3.8) is 0 Å². The van der Waals surface area contributed by atoms with Gasteiger partial charge < -0.3 is 9.80 Å². The van der Waals surface area contributed by atoms with E-state index in [4.69, 9.17) is 16.6 Å². The number of benzene rings is 2. The van der Waals surface area contributed by atoms with Gasteiger partial charge in [-0.15, -0.1) is 12.4 Å². The van der Waals surface area contributed by atoms with Gasteiger partial charge in [-0.2, -0.15) is 0 Å². The van der Waals surface area contributed by atoms with E-state index in [2.05, 4.69) is 4.90 Å². The van der Waals surface area contributed by atoms with Crippen LogP contribution in [0.5, 0.6) is 0 Å². The molecule has 0 spiro atoms. The third-order valence-corrected chi connectivity index (χ3v) is 6.64. The number of hydrogen-bond donors (Lipinski definition) is 0. The van der Waals surface area contributed by atoms with Crippen molar-refractivity contribution in [2.45, 2.75) is 12.8 Å². The molecule has 0 radical (unpaired) electrons. The van der Waals surface area contributed by atoms with Crippen molar-refractivity contribution in [1.82, 2.24) is 9.88 Å². The van der Waals surface area contributed by atoms with E-state index >= 15 is 0 Å². The molecular formula is C23H26Cl2N4O2S. The summed E-state index contributed by atoms with van der Waals surface area (Å²) in [6.07, 6.45) is 1.03. The molecule has 2 heterocycles. The van der Waals surface area contributed by atoms with Crippen LogP contribution in [-0.4, -0.2) is 55.4 Å². The summed E-state index contributed by atoms with van der Waals surface area (Å²) in [6, 6.07) is 15.1. The third-order valence-electron chi connectivity index (χ3n) is 5.37. The Labute approximate surface area is 203 Å². The molecule has 170 valence electrons. The average Bonchev–Trinajstić information content (AvgIpc) is 3.34. The van der Waals surface area contributed by atoms with E-state index in [1.165, 1.54) is 11.3 Å². The smallest absolute Gasteiger partial charge is 0.234 e. The maximum atomic E-state index is 13.6. The summed E-state index contributed by atoms with van der Waals surface area (Å²) in [5.74, 6) is -0.452. The molecule has 0 aliphatic carbocycles. The van der Waals surface area contributed by atoms with Crippen LogP contribution in [0.3, 0.4) is 0 Å². The molecule has 1 aromatic heterocycles. The molecule has 1 unspecified atom stereocenters. The summed E-state index contributed by atoms with van der Waals surface area (Å²) in [6.45, 7) is 1.81. The Morgan fingerprint density at radius 1 is 1.19 bits per heavy atom. The fourth-order valence-electron chi connectivity index (χ4n) is 3.80. The molecular weight excluding hydrogens is 467 g/mol. The zero-order chi connectivity index (χ0) is 22.0. The molecule has 1 saturated heterocycles. The van der Waals surface area contributed by atoms with E-state index in [9.17, 15) is 9.59 Å². The van der Waals surface area contributed by atoms with E-state index in [-0.39, 0.29) is 36.6 Å². The first-order valence-electron chi connectivity index (χ1n) is 10.3. The molecule has 4 rings (SSSR count). The number of amides is 2. The van der Waals surface area contributed by atoms with Gasteiger partial charge in [0.05, 0.1) is 16.1 Å². The molecule has 6 nitrogen and oxygen atoms in total. The number of aromatic nitrogens is 1. The highest BCUT2D eigenvalue weighted by molar-refractivity contribution is 7.22. The summed E-state index contributed by atoms with van der Waals surface area (Å²) >= 11 is 7.59. The van der Waals surface area contributed by atoms with Crippen LogP contribution in [-0.2, 0) is 9.59 Å². The lowest BCUT2D eigenvalue weighted by atomic mass is 10.1. The van der Waals surface area contributed by atoms with Crippen molar-refractivity contribution in [3.8, 4) is 0 Å². The Kier molecular flexibility index (Phi) is 8.11. The normalized spacial score (nSPS) is 15.9. The summed E-state index contributed by atoms with van der Waals surface area (Å²) in [5.41, 5.74) is 1.65. The molecule has 2 amide bonds. The maximum absolute atomic E-state index is 13.6. The van der Waals surface area contributed by atoms with Gasteiger partial charge in [-0.3, -0.25) is 14.5 Å². The number of halogens is 2. The largest absolute Gasteiger partial charge is 0.312 e. The molecule has 3 aromatic rings. The Morgan fingerprint density at radius 2 is 1.94 bits per heavy atom. The molecule has 1 atom stereocenters. The van der Waals surface area contributed by atoms with Gasteiger partial charge in [0.2, 0.25) is 11.8 Å². The Bertz CT molecular complexity index is 1090. The summed E-state index contributed by atoms with van der Waals surface area (Å²) in [7, 11) is 4.03. The van der Waals surface area contributed by atoms with E-state index in [0.717, 1.165) is 28.9 Å². The number of anilines is 2. The first kappa shape index (κ1) is 24.5. The molecule has 0 bridgehead atoms. The molecule has 0 saturated carbocycles. The second-order valence-electron chi connectivity index (χ2n) is 8.00. The van der Waals surface area contributed by atoms with Gasteiger partial charge >= 0.3 is 0 Å². The minimum absolute atomic E-state index is 0. The minimum atomic E-state index is -0.386. The lowest BCUT2D eigenvalue weighted by Crippen LogP contribution is -2.39. The van der Waals surface area contributed by atoms with E-state index < -0.39 is 0 Å². The second-order valence-corrected chi connectivity index (χ2v) is 9.44. The van der Waals surface area contributed by atoms with E-state index in [0.29, 0.717) is 23.2 Å². The van der Waals surface area contributed by atoms with Gasteiger partial charge in [-0.1, -0.05) is 41.1 Å². The molecule has 9 heteroatoms. The predicted octanol–water partition coefficient (Wildman–Crippen LogP) is 4.71.